The molecule has 18 heavy (non-hydrogen) atoms. The largest absolute Gasteiger partial charge is 0.480 e. The van der Waals surface area contributed by atoms with Crippen molar-refractivity contribution in [1.82, 2.24) is 10.3 Å². The van der Waals surface area contributed by atoms with Crippen molar-refractivity contribution in [2.24, 2.45) is 5.92 Å². The SMILES string of the molecule is CCC(C)[C@H](NC(=O)c1sc(C)nc1C)C(=O)O. The number of aromatic nitrogens is 1. The minimum absolute atomic E-state index is 0.110. The molecule has 1 aromatic heterocycles. The molecule has 0 aliphatic heterocycles. The number of carboxylic acid groups (broad SMARTS) is 1. The number of rotatable bonds is 5. The summed E-state index contributed by atoms with van der Waals surface area (Å²) in [5, 5.41) is 12.5. The van der Waals surface area contributed by atoms with E-state index < -0.39 is 12.0 Å². The lowest BCUT2D eigenvalue weighted by Crippen LogP contribution is -2.44. The summed E-state index contributed by atoms with van der Waals surface area (Å²) < 4.78 is 0. The molecular weight excluding hydrogens is 252 g/mol. The Kier molecular flexibility index (Phi) is 4.84. The number of thiazole rings is 1. The number of nitrogens with one attached hydrogen (secondary N) is 1. The Morgan fingerprint density at radius 2 is 2.06 bits per heavy atom. The quantitative estimate of drug-likeness (QED) is 0.857. The van der Waals surface area contributed by atoms with Crippen LogP contribution in [-0.2, 0) is 4.79 Å². The third-order valence-corrected chi connectivity index (χ3v) is 3.95. The van der Waals surface area contributed by atoms with Crippen LogP contribution in [0.4, 0.5) is 0 Å². The van der Waals surface area contributed by atoms with E-state index >= 15 is 0 Å². The monoisotopic (exact) mass is 270 g/mol. The van der Waals surface area contributed by atoms with Crippen LogP contribution < -0.4 is 5.32 Å². The number of hydrogen-bond acceptors (Lipinski definition) is 4. The molecule has 6 heteroatoms. The van der Waals surface area contributed by atoms with Gasteiger partial charge in [-0.3, -0.25) is 4.79 Å². The Bertz CT molecular complexity index is 456. The van der Waals surface area contributed by atoms with E-state index in [-0.39, 0.29) is 11.8 Å². The van der Waals surface area contributed by atoms with Gasteiger partial charge in [0.15, 0.2) is 0 Å². The minimum atomic E-state index is -1.00. The lowest BCUT2D eigenvalue weighted by molar-refractivity contribution is -0.140. The van der Waals surface area contributed by atoms with Gasteiger partial charge < -0.3 is 10.4 Å². The van der Waals surface area contributed by atoms with E-state index in [2.05, 4.69) is 10.3 Å². The molecule has 0 fully saturated rings. The van der Waals surface area contributed by atoms with E-state index in [1.165, 1.54) is 11.3 Å². The molecule has 0 aliphatic rings. The number of aryl methyl sites for hydroxylation is 2. The Hall–Kier alpha value is -1.43. The molecule has 0 radical (unpaired) electrons. The average molecular weight is 270 g/mol. The molecule has 100 valence electrons. The van der Waals surface area contributed by atoms with Crippen molar-refractivity contribution in [3.63, 3.8) is 0 Å². The van der Waals surface area contributed by atoms with E-state index in [4.69, 9.17) is 5.11 Å². The average Bonchev–Trinajstić information content (AvgIpc) is 2.63. The summed E-state index contributed by atoms with van der Waals surface area (Å²) in [7, 11) is 0. The van der Waals surface area contributed by atoms with Crippen molar-refractivity contribution in [3.8, 4) is 0 Å². The highest BCUT2D eigenvalue weighted by Crippen LogP contribution is 2.18. The second-order valence-electron chi connectivity index (χ2n) is 4.32. The Balaban J connectivity index is 2.85. The van der Waals surface area contributed by atoms with Crippen molar-refractivity contribution in [1.29, 1.82) is 0 Å². The van der Waals surface area contributed by atoms with Gasteiger partial charge in [-0.1, -0.05) is 20.3 Å². The van der Waals surface area contributed by atoms with E-state index in [0.717, 1.165) is 5.01 Å². The van der Waals surface area contributed by atoms with Crippen molar-refractivity contribution < 1.29 is 14.7 Å². The molecule has 1 heterocycles. The van der Waals surface area contributed by atoms with E-state index in [0.29, 0.717) is 17.0 Å². The topological polar surface area (TPSA) is 79.3 Å². The van der Waals surface area contributed by atoms with Crippen LogP contribution in [0.2, 0.25) is 0 Å². The number of carboxylic acids is 1. The fraction of sp³-hybridized carbons (Fsp3) is 0.583. The molecule has 0 aromatic carbocycles. The highest BCUT2D eigenvalue weighted by Gasteiger charge is 2.27. The number of nitrogens with zero attached hydrogens (tertiary/aromatic N) is 1. The number of carbonyl (C=O) groups excluding carboxylic acids is 1. The third kappa shape index (κ3) is 3.29. The second kappa shape index (κ2) is 5.95. The maximum atomic E-state index is 12.0. The predicted octanol–water partition coefficient (Wildman–Crippen LogP) is 1.99. The van der Waals surface area contributed by atoms with Crippen LogP contribution in [0.5, 0.6) is 0 Å². The first-order valence-corrected chi connectivity index (χ1v) is 6.66. The van der Waals surface area contributed by atoms with Crippen LogP contribution in [0.25, 0.3) is 0 Å². The molecule has 0 aliphatic carbocycles. The first kappa shape index (κ1) is 14.6. The summed E-state index contributed by atoms with van der Waals surface area (Å²) >= 11 is 1.28. The molecule has 0 bridgehead atoms. The first-order valence-electron chi connectivity index (χ1n) is 5.84. The summed E-state index contributed by atoms with van der Waals surface area (Å²) in [6.45, 7) is 7.27. The molecule has 0 saturated heterocycles. The summed E-state index contributed by atoms with van der Waals surface area (Å²) in [5.41, 5.74) is 0.642. The van der Waals surface area contributed by atoms with Gasteiger partial charge in [0.25, 0.3) is 5.91 Å². The van der Waals surface area contributed by atoms with Crippen molar-refractivity contribution >= 4 is 23.2 Å². The van der Waals surface area contributed by atoms with Gasteiger partial charge in [0.05, 0.1) is 10.7 Å². The predicted molar refractivity (Wildman–Crippen MR) is 69.9 cm³/mol. The summed E-state index contributed by atoms with van der Waals surface area (Å²) in [4.78, 5) is 27.8. The zero-order chi connectivity index (χ0) is 13.9. The number of amides is 1. The molecule has 0 saturated carbocycles. The van der Waals surface area contributed by atoms with Gasteiger partial charge in [-0.05, 0) is 19.8 Å². The highest BCUT2D eigenvalue weighted by atomic mass is 32.1. The molecule has 1 rings (SSSR count). The Labute approximate surface area is 110 Å². The maximum absolute atomic E-state index is 12.0. The zero-order valence-corrected chi connectivity index (χ0v) is 11.8. The molecule has 1 amide bonds. The molecule has 1 unspecified atom stereocenters. The molecule has 0 spiro atoms. The maximum Gasteiger partial charge on any atom is 0.326 e. The van der Waals surface area contributed by atoms with Crippen LogP contribution in [0.3, 0.4) is 0 Å². The van der Waals surface area contributed by atoms with Crippen molar-refractivity contribution in [2.75, 3.05) is 0 Å². The van der Waals surface area contributed by atoms with Crippen LogP contribution in [0.1, 0.15) is 40.6 Å². The molecular formula is C12H18N2O3S. The van der Waals surface area contributed by atoms with Gasteiger partial charge in [-0.2, -0.15) is 0 Å². The van der Waals surface area contributed by atoms with Gasteiger partial charge in [0.2, 0.25) is 0 Å². The number of hydrogen-bond donors (Lipinski definition) is 2. The van der Waals surface area contributed by atoms with Gasteiger partial charge >= 0.3 is 5.97 Å². The smallest absolute Gasteiger partial charge is 0.326 e. The minimum Gasteiger partial charge on any atom is -0.480 e. The van der Waals surface area contributed by atoms with Crippen LogP contribution in [-0.4, -0.2) is 28.0 Å². The summed E-state index contributed by atoms with van der Waals surface area (Å²) in [6, 6.07) is -0.857. The van der Waals surface area contributed by atoms with Crippen LogP contribution >= 0.6 is 11.3 Å². The van der Waals surface area contributed by atoms with Gasteiger partial charge in [0.1, 0.15) is 10.9 Å². The van der Waals surface area contributed by atoms with Crippen LogP contribution in [0, 0.1) is 19.8 Å². The standard InChI is InChI=1S/C12H18N2O3S/c1-5-6(2)9(12(16)17)14-11(15)10-7(3)13-8(4)18-10/h6,9H,5H2,1-4H3,(H,14,15)(H,16,17)/t6?,9-/m0/s1. The summed E-state index contributed by atoms with van der Waals surface area (Å²) in [5.74, 6) is -1.47. The van der Waals surface area contributed by atoms with Gasteiger partial charge in [-0.25, -0.2) is 9.78 Å². The van der Waals surface area contributed by atoms with Crippen molar-refractivity contribution in [2.45, 2.75) is 40.2 Å². The second-order valence-corrected chi connectivity index (χ2v) is 5.53. The van der Waals surface area contributed by atoms with E-state index in [1.54, 1.807) is 6.92 Å². The number of aliphatic carboxylic acids is 1. The molecule has 5 nitrogen and oxygen atoms in total. The van der Waals surface area contributed by atoms with E-state index in [9.17, 15) is 9.59 Å². The third-order valence-electron chi connectivity index (χ3n) is 2.88. The fourth-order valence-corrected chi connectivity index (χ4v) is 2.45. The highest BCUT2D eigenvalue weighted by molar-refractivity contribution is 7.13. The molecule has 1 aromatic rings. The normalized spacial score (nSPS) is 14.0. The van der Waals surface area contributed by atoms with Gasteiger partial charge in [-0.15, -0.1) is 11.3 Å². The summed E-state index contributed by atoms with van der Waals surface area (Å²) in [6.07, 6.45) is 0.692. The molecule has 2 N–H and O–H groups in total. The number of carbonyl (C=O) groups is 2. The lowest BCUT2D eigenvalue weighted by Gasteiger charge is -2.19. The Morgan fingerprint density at radius 1 is 1.44 bits per heavy atom. The van der Waals surface area contributed by atoms with Crippen molar-refractivity contribution in [3.05, 3.63) is 15.6 Å². The molecule has 2 atom stereocenters. The Morgan fingerprint density at radius 3 is 2.44 bits per heavy atom. The lowest BCUT2D eigenvalue weighted by atomic mass is 9.99. The fourth-order valence-electron chi connectivity index (χ4n) is 1.63. The van der Waals surface area contributed by atoms with E-state index in [1.807, 2.05) is 20.8 Å². The first-order chi connectivity index (χ1) is 8.36. The van der Waals surface area contributed by atoms with Crippen LogP contribution in [0.15, 0.2) is 0 Å². The van der Waals surface area contributed by atoms with Gasteiger partial charge in [0, 0.05) is 0 Å². The zero-order valence-electron chi connectivity index (χ0n) is 11.0.